The van der Waals surface area contributed by atoms with Crippen LogP contribution in [-0.4, -0.2) is 39.2 Å². The van der Waals surface area contributed by atoms with Crippen molar-refractivity contribution in [3.05, 3.63) is 29.6 Å². The van der Waals surface area contributed by atoms with Crippen molar-refractivity contribution in [2.45, 2.75) is 45.3 Å². The van der Waals surface area contributed by atoms with Crippen LogP contribution >= 0.6 is 0 Å². The summed E-state index contributed by atoms with van der Waals surface area (Å²) >= 11 is 0. The molecule has 0 spiro atoms. The third-order valence-corrected chi connectivity index (χ3v) is 3.27. The maximum absolute atomic E-state index is 12.2. The van der Waals surface area contributed by atoms with Gasteiger partial charge in [-0.2, -0.15) is 0 Å². The van der Waals surface area contributed by atoms with Gasteiger partial charge in [-0.25, -0.2) is 9.59 Å². The third-order valence-electron chi connectivity index (χ3n) is 3.27. The van der Waals surface area contributed by atoms with E-state index in [0.29, 0.717) is 6.54 Å². The third kappa shape index (κ3) is 3.71. The van der Waals surface area contributed by atoms with Crippen molar-refractivity contribution in [2.24, 2.45) is 0 Å². The number of nitrogens with zero attached hydrogens (tertiary/aromatic N) is 2. The molecule has 2 heterocycles. The Kier molecular flexibility index (Phi) is 4.16. The van der Waals surface area contributed by atoms with Crippen LogP contribution in [0, 0.1) is 0 Å². The molecule has 0 unspecified atom stereocenters. The molecule has 1 saturated heterocycles. The zero-order valence-electron chi connectivity index (χ0n) is 12.5. The molecule has 21 heavy (non-hydrogen) atoms. The molecule has 1 aromatic heterocycles. The van der Waals surface area contributed by atoms with Gasteiger partial charge in [0, 0.05) is 18.9 Å². The lowest BCUT2D eigenvalue weighted by Crippen LogP contribution is -2.36. The highest BCUT2D eigenvalue weighted by molar-refractivity contribution is 5.87. The van der Waals surface area contributed by atoms with Gasteiger partial charge < -0.3 is 14.7 Å². The molecule has 1 amide bonds. The molecule has 1 aliphatic heterocycles. The van der Waals surface area contributed by atoms with Gasteiger partial charge in [-0.3, -0.25) is 4.98 Å². The van der Waals surface area contributed by atoms with Gasteiger partial charge in [0.1, 0.15) is 5.60 Å². The van der Waals surface area contributed by atoms with Crippen molar-refractivity contribution >= 4 is 12.1 Å². The first-order valence-electron chi connectivity index (χ1n) is 6.96. The largest absolute Gasteiger partial charge is 0.478 e. The number of ether oxygens (including phenoxy) is 1. The lowest BCUT2D eigenvalue weighted by Gasteiger charge is -2.28. The second-order valence-corrected chi connectivity index (χ2v) is 6.14. The van der Waals surface area contributed by atoms with E-state index in [0.717, 1.165) is 18.4 Å². The van der Waals surface area contributed by atoms with Crippen molar-refractivity contribution in [1.29, 1.82) is 0 Å². The summed E-state index contributed by atoms with van der Waals surface area (Å²) in [5.74, 6) is -1.02. The normalized spacial score (nSPS) is 18.6. The minimum absolute atomic E-state index is 0.128. The molecule has 114 valence electrons. The predicted molar refractivity (Wildman–Crippen MR) is 76.1 cm³/mol. The minimum atomic E-state index is -1.02. The number of pyridine rings is 1. The van der Waals surface area contributed by atoms with Gasteiger partial charge in [-0.05, 0) is 45.2 Å². The SMILES string of the molecule is CC(C)(C)OC(=O)N1CCC[C@@H]1c1cncc(C(=O)O)c1. The Morgan fingerprint density at radius 1 is 1.38 bits per heavy atom. The van der Waals surface area contributed by atoms with Crippen LogP contribution in [0.15, 0.2) is 18.5 Å². The second kappa shape index (κ2) is 5.71. The Bertz CT molecular complexity index is 551. The zero-order chi connectivity index (χ0) is 15.6. The van der Waals surface area contributed by atoms with Crippen molar-refractivity contribution in [1.82, 2.24) is 9.88 Å². The number of carbonyl (C=O) groups is 2. The fraction of sp³-hybridized carbons (Fsp3) is 0.533. The van der Waals surface area contributed by atoms with E-state index in [1.54, 1.807) is 17.2 Å². The quantitative estimate of drug-likeness (QED) is 0.906. The van der Waals surface area contributed by atoms with Crippen LogP contribution < -0.4 is 0 Å². The number of carbonyl (C=O) groups excluding carboxylic acids is 1. The van der Waals surface area contributed by atoms with Crippen molar-refractivity contribution < 1.29 is 19.4 Å². The summed E-state index contributed by atoms with van der Waals surface area (Å²) in [6.07, 6.45) is 4.19. The molecule has 0 radical (unpaired) electrons. The predicted octanol–water partition coefficient (Wildman–Crippen LogP) is 2.85. The maximum Gasteiger partial charge on any atom is 0.410 e. The molecular formula is C15H20N2O4. The van der Waals surface area contributed by atoms with Crippen molar-refractivity contribution in [3.8, 4) is 0 Å². The molecule has 0 aromatic carbocycles. The Hall–Kier alpha value is -2.11. The summed E-state index contributed by atoms with van der Waals surface area (Å²) in [6.45, 7) is 6.07. The number of hydrogen-bond donors (Lipinski definition) is 1. The number of hydrogen-bond acceptors (Lipinski definition) is 4. The van der Waals surface area contributed by atoms with Crippen LogP contribution in [0.1, 0.15) is 55.6 Å². The molecule has 0 aliphatic carbocycles. The number of amides is 1. The molecule has 2 rings (SSSR count). The topological polar surface area (TPSA) is 79.7 Å². The van der Waals surface area contributed by atoms with Gasteiger partial charge in [0.25, 0.3) is 0 Å². The Labute approximate surface area is 123 Å². The van der Waals surface area contributed by atoms with E-state index in [4.69, 9.17) is 9.84 Å². The summed E-state index contributed by atoms with van der Waals surface area (Å²) in [5.41, 5.74) is 0.313. The van der Waals surface area contributed by atoms with Crippen molar-refractivity contribution in [3.63, 3.8) is 0 Å². The molecular weight excluding hydrogens is 272 g/mol. The molecule has 0 saturated carbocycles. The van der Waals surface area contributed by atoms with E-state index >= 15 is 0 Å². The second-order valence-electron chi connectivity index (χ2n) is 6.14. The lowest BCUT2D eigenvalue weighted by molar-refractivity contribution is 0.0224. The van der Waals surface area contributed by atoms with Gasteiger partial charge in [0.05, 0.1) is 11.6 Å². The summed E-state index contributed by atoms with van der Waals surface area (Å²) in [6, 6.07) is 1.40. The zero-order valence-corrected chi connectivity index (χ0v) is 12.5. The van der Waals surface area contributed by atoms with Gasteiger partial charge in [0.2, 0.25) is 0 Å². The number of rotatable bonds is 2. The van der Waals surface area contributed by atoms with Crippen LogP contribution in [0.4, 0.5) is 4.79 Å². The number of carboxylic acid groups (broad SMARTS) is 1. The molecule has 1 fully saturated rings. The van der Waals surface area contributed by atoms with E-state index in [1.807, 2.05) is 20.8 Å². The fourth-order valence-electron chi connectivity index (χ4n) is 2.41. The minimum Gasteiger partial charge on any atom is -0.478 e. The lowest BCUT2D eigenvalue weighted by atomic mass is 10.1. The summed E-state index contributed by atoms with van der Waals surface area (Å²) < 4.78 is 5.40. The monoisotopic (exact) mass is 292 g/mol. The summed E-state index contributed by atoms with van der Waals surface area (Å²) in [7, 11) is 0. The Morgan fingerprint density at radius 2 is 2.10 bits per heavy atom. The first-order chi connectivity index (χ1) is 9.78. The van der Waals surface area contributed by atoms with E-state index < -0.39 is 11.6 Å². The van der Waals surface area contributed by atoms with Crippen LogP contribution in [0.3, 0.4) is 0 Å². The van der Waals surface area contributed by atoms with E-state index in [-0.39, 0.29) is 17.7 Å². The van der Waals surface area contributed by atoms with Crippen LogP contribution in [-0.2, 0) is 4.74 Å². The molecule has 0 bridgehead atoms. The highest BCUT2D eigenvalue weighted by atomic mass is 16.6. The van der Waals surface area contributed by atoms with Crippen LogP contribution in [0.25, 0.3) is 0 Å². The van der Waals surface area contributed by atoms with E-state index in [9.17, 15) is 9.59 Å². The molecule has 1 aromatic rings. The van der Waals surface area contributed by atoms with Gasteiger partial charge in [-0.1, -0.05) is 0 Å². The first-order valence-corrected chi connectivity index (χ1v) is 6.96. The number of carboxylic acids is 1. The summed E-state index contributed by atoms with van der Waals surface area (Å²) in [4.78, 5) is 28.9. The summed E-state index contributed by atoms with van der Waals surface area (Å²) in [5, 5.41) is 9.03. The Morgan fingerprint density at radius 3 is 2.71 bits per heavy atom. The number of aromatic nitrogens is 1. The van der Waals surface area contributed by atoms with Crippen LogP contribution in [0.5, 0.6) is 0 Å². The highest BCUT2D eigenvalue weighted by Crippen LogP contribution is 2.33. The average Bonchev–Trinajstić information content (AvgIpc) is 2.86. The highest BCUT2D eigenvalue weighted by Gasteiger charge is 2.33. The number of likely N-dealkylation sites (tertiary alicyclic amines) is 1. The standard InChI is InChI=1S/C15H20N2O4/c1-15(2,3)21-14(20)17-6-4-5-12(17)10-7-11(13(18)19)9-16-8-10/h7-9,12H,4-6H2,1-3H3,(H,18,19)/t12-/m1/s1. The molecule has 1 atom stereocenters. The van der Waals surface area contributed by atoms with Crippen molar-refractivity contribution in [2.75, 3.05) is 6.54 Å². The smallest absolute Gasteiger partial charge is 0.410 e. The molecule has 1 N–H and O–H groups in total. The van der Waals surface area contributed by atoms with Gasteiger partial charge in [0.15, 0.2) is 0 Å². The number of aromatic carboxylic acids is 1. The van der Waals surface area contributed by atoms with Crippen LogP contribution in [0.2, 0.25) is 0 Å². The van der Waals surface area contributed by atoms with E-state index in [1.165, 1.54) is 6.20 Å². The average molecular weight is 292 g/mol. The molecule has 6 nitrogen and oxygen atoms in total. The fourth-order valence-corrected chi connectivity index (χ4v) is 2.41. The van der Waals surface area contributed by atoms with Gasteiger partial charge >= 0.3 is 12.1 Å². The maximum atomic E-state index is 12.2. The first kappa shape index (κ1) is 15.3. The molecule has 6 heteroatoms. The molecule has 1 aliphatic rings. The van der Waals surface area contributed by atoms with Gasteiger partial charge in [-0.15, -0.1) is 0 Å². The van der Waals surface area contributed by atoms with E-state index in [2.05, 4.69) is 4.98 Å². The Balaban J connectivity index is 2.20.